The molecule has 0 aromatic carbocycles. The number of carbonyl (C=O) groups is 4. The predicted octanol–water partition coefficient (Wildman–Crippen LogP) is 24.1. The molecule has 2 unspecified atom stereocenters. The highest BCUT2D eigenvalue weighted by molar-refractivity contribution is 7.47. The molecule has 19 heteroatoms. The van der Waals surface area contributed by atoms with Crippen molar-refractivity contribution >= 4 is 39.5 Å². The van der Waals surface area contributed by atoms with Crippen LogP contribution < -0.4 is 0 Å². The number of phosphoric ester groups is 2. The maximum Gasteiger partial charge on any atom is 0.472 e. The molecule has 17 nitrogen and oxygen atoms in total. The molecule has 3 N–H and O–H groups in total. The van der Waals surface area contributed by atoms with E-state index in [1.807, 2.05) is 24.3 Å². The van der Waals surface area contributed by atoms with Crippen molar-refractivity contribution in [2.45, 2.75) is 367 Å². The number of ether oxygens (including phenoxy) is 4. The van der Waals surface area contributed by atoms with Crippen molar-refractivity contribution in [1.29, 1.82) is 0 Å². The van der Waals surface area contributed by atoms with E-state index in [-0.39, 0.29) is 25.7 Å². The van der Waals surface area contributed by atoms with Gasteiger partial charge >= 0.3 is 39.5 Å². The second-order valence-corrected chi connectivity index (χ2v) is 30.3. The van der Waals surface area contributed by atoms with Crippen molar-refractivity contribution < 1.29 is 80.2 Å². The van der Waals surface area contributed by atoms with E-state index < -0.39 is 97.5 Å². The van der Waals surface area contributed by atoms with E-state index in [9.17, 15) is 43.2 Å². The van der Waals surface area contributed by atoms with Crippen LogP contribution in [-0.4, -0.2) is 96.7 Å². The molecule has 0 heterocycles. The van der Waals surface area contributed by atoms with Crippen LogP contribution in [0.1, 0.15) is 349 Å². The van der Waals surface area contributed by atoms with Crippen molar-refractivity contribution in [3.63, 3.8) is 0 Å². The van der Waals surface area contributed by atoms with Gasteiger partial charge in [-0.3, -0.25) is 37.3 Å². The van der Waals surface area contributed by atoms with Gasteiger partial charge in [0, 0.05) is 25.7 Å². The molecule has 0 amide bonds. The van der Waals surface area contributed by atoms with Gasteiger partial charge in [0.1, 0.15) is 19.3 Å². The van der Waals surface area contributed by atoms with Crippen molar-refractivity contribution in [1.82, 2.24) is 0 Å². The third-order valence-corrected chi connectivity index (χ3v) is 19.1. The number of carbonyl (C=O) groups excluding carboxylic acids is 4. The van der Waals surface area contributed by atoms with Gasteiger partial charge in [0.2, 0.25) is 0 Å². The van der Waals surface area contributed by atoms with Gasteiger partial charge in [0.15, 0.2) is 12.2 Å². The molecule has 0 aliphatic rings. The molecule has 0 fully saturated rings. The van der Waals surface area contributed by atoms with E-state index in [1.54, 1.807) is 0 Å². The summed E-state index contributed by atoms with van der Waals surface area (Å²) in [5.41, 5.74) is 0. The molecular weight excluding hydrogens is 1350 g/mol. The van der Waals surface area contributed by atoms with E-state index >= 15 is 0 Å². The van der Waals surface area contributed by atoms with Gasteiger partial charge in [-0.15, -0.1) is 0 Å². The van der Waals surface area contributed by atoms with Gasteiger partial charge < -0.3 is 33.8 Å². The Morgan fingerprint density at radius 2 is 0.481 bits per heavy atom. The number of phosphoric acid groups is 2. The molecule has 600 valence electrons. The summed E-state index contributed by atoms with van der Waals surface area (Å²) in [5, 5.41) is 10.6. The van der Waals surface area contributed by atoms with E-state index in [0.717, 1.165) is 109 Å². The zero-order chi connectivity index (χ0) is 76.0. The number of hydrogen-bond acceptors (Lipinski definition) is 15. The summed E-state index contributed by atoms with van der Waals surface area (Å²) in [6.07, 6.45) is 83.6. The molecule has 104 heavy (non-hydrogen) atoms. The smallest absolute Gasteiger partial charge is 0.462 e. The van der Waals surface area contributed by atoms with Crippen molar-refractivity contribution in [2.24, 2.45) is 0 Å². The molecule has 0 aliphatic heterocycles. The standard InChI is InChI=1S/C85H148O17P2/c1-5-9-13-17-21-25-29-33-37-39-43-46-50-54-58-62-66-70-83(88)96-76-80(101-84(89)71-67-63-59-55-51-47-42-36-32-28-24-20-16-12-8-4)77-99-103(91,92)97-73-79(86)74-98-104(93,94)100-78-81(75-95-82(87)69-65-61-57-53-49-45-41-35-31-27-23-19-15-11-7-3)102-85(90)72-68-64-60-56-52-48-44-40-38-34-30-26-22-18-14-10-6-2/h21-22,25-26,33-34,36-38,42-44,46,48,54,56,58,60,79-81,86H,5-20,23-24,27-32,35,39-41,45,47,49-53,55,57,59,61-78H2,1-4H3,(H,91,92)(H,93,94)/b25-21-,26-22-,37-33-,38-34-,42-36-,46-43-,48-44-,58-54-,60-56-/t79-,80+,81+/m0/s1. The number of rotatable bonds is 77. The van der Waals surface area contributed by atoms with Crippen molar-refractivity contribution in [3.8, 4) is 0 Å². The van der Waals surface area contributed by atoms with Gasteiger partial charge in [-0.1, -0.05) is 304 Å². The molecule has 0 spiro atoms. The number of unbranched alkanes of at least 4 members (excludes halogenated alkanes) is 33. The van der Waals surface area contributed by atoms with Gasteiger partial charge in [-0.05, 0) is 128 Å². The van der Waals surface area contributed by atoms with E-state index in [2.05, 4.69) is 113 Å². The first-order chi connectivity index (χ1) is 50.7. The molecule has 0 aliphatic carbocycles. The van der Waals surface area contributed by atoms with Crippen LogP contribution in [0.5, 0.6) is 0 Å². The first-order valence-corrected chi connectivity index (χ1v) is 44.1. The van der Waals surface area contributed by atoms with E-state index in [4.69, 9.17) is 37.0 Å². The lowest BCUT2D eigenvalue weighted by Crippen LogP contribution is -2.30. The molecule has 0 bridgehead atoms. The monoisotopic (exact) mass is 1500 g/mol. The third kappa shape index (κ3) is 75.9. The number of esters is 4. The Labute approximate surface area is 632 Å². The molecule has 0 radical (unpaired) electrons. The largest absolute Gasteiger partial charge is 0.472 e. The van der Waals surface area contributed by atoms with Crippen LogP contribution in [0.3, 0.4) is 0 Å². The minimum absolute atomic E-state index is 0.0190. The van der Waals surface area contributed by atoms with Crippen LogP contribution >= 0.6 is 15.6 Å². The van der Waals surface area contributed by atoms with Gasteiger partial charge in [-0.2, -0.15) is 0 Å². The average molecular weight is 1500 g/mol. The second kappa shape index (κ2) is 76.9. The molecule has 0 aromatic rings. The lowest BCUT2D eigenvalue weighted by molar-refractivity contribution is -0.161. The zero-order valence-corrected chi connectivity index (χ0v) is 67.5. The van der Waals surface area contributed by atoms with Crippen LogP contribution in [0.4, 0.5) is 0 Å². The Balaban J connectivity index is 5.45. The molecule has 0 saturated carbocycles. The summed E-state index contributed by atoms with van der Waals surface area (Å²) in [7, 11) is -9.99. The summed E-state index contributed by atoms with van der Waals surface area (Å²) in [6, 6.07) is 0. The molecular formula is C85H148O17P2. The van der Waals surface area contributed by atoms with Crippen LogP contribution in [0.2, 0.25) is 0 Å². The quantitative estimate of drug-likeness (QED) is 0.0169. The zero-order valence-electron chi connectivity index (χ0n) is 65.7. The van der Waals surface area contributed by atoms with Gasteiger partial charge in [0.05, 0.1) is 26.4 Å². The normalized spacial score (nSPS) is 14.4. The Morgan fingerprint density at radius 3 is 0.798 bits per heavy atom. The molecule has 0 rings (SSSR count). The minimum atomic E-state index is -5.00. The second-order valence-electron chi connectivity index (χ2n) is 27.4. The highest BCUT2D eigenvalue weighted by Crippen LogP contribution is 2.45. The van der Waals surface area contributed by atoms with Crippen molar-refractivity contribution in [3.05, 3.63) is 109 Å². The molecule has 0 aromatic heterocycles. The molecule has 5 atom stereocenters. The van der Waals surface area contributed by atoms with Crippen LogP contribution in [0.15, 0.2) is 109 Å². The van der Waals surface area contributed by atoms with Gasteiger partial charge in [-0.25, -0.2) is 9.13 Å². The minimum Gasteiger partial charge on any atom is -0.462 e. The fraction of sp³-hybridized carbons (Fsp3) is 0.741. The maximum atomic E-state index is 13.1. The number of aliphatic hydroxyl groups excluding tert-OH is 1. The average Bonchev–Trinajstić information content (AvgIpc) is 0.909. The summed E-state index contributed by atoms with van der Waals surface area (Å²) < 4.78 is 68.6. The first-order valence-electron chi connectivity index (χ1n) is 41.1. The van der Waals surface area contributed by atoms with Crippen LogP contribution in [0.25, 0.3) is 0 Å². The van der Waals surface area contributed by atoms with Crippen molar-refractivity contribution in [2.75, 3.05) is 39.6 Å². The lowest BCUT2D eigenvalue weighted by Gasteiger charge is -2.21. The van der Waals surface area contributed by atoms with E-state index in [0.29, 0.717) is 38.5 Å². The number of hydrogen-bond donors (Lipinski definition) is 3. The third-order valence-electron chi connectivity index (χ3n) is 17.2. The Morgan fingerprint density at radius 1 is 0.269 bits per heavy atom. The number of aliphatic hydroxyl groups is 1. The fourth-order valence-corrected chi connectivity index (χ4v) is 12.5. The van der Waals surface area contributed by atoms with Crippen LogP contribution in [0, 0.1) is 0 Å². The number of allylic oxidation sites excluding steroid dienone is 18. The SMILES string of the molecule is CCCCC/C=C\C/C=C\C/C=C\C/C=C\CCCC(=O)OC[C@H](COP(=O)(O)OC[C@H](O)COP(=O)(O)OC[C@@H](COC(=O)CCCCCCCCCCCCCCCCC)OC(=O)CCC/C=C\C/C=C\C/C=C\C/C=C\CCCCC)OC(=O)CCCCCCC/C=C\CCCCCCCC. The predicted molar refractivity (Wildman–Crippen MR) is 427 cm³/mol. The summed E-state index contributed by atoms with van der Waals surface area (Å²) >= 11 is 0. The Hall–Kier alpha value is -4.28. The topological polar surface area (TPSA) is 237 Å². The Bertz CT molecular complexity index is 2390. The molecule has 0 saturated heterocycles. The highest BCUT2D eigenvalue weighted by Gasteiger charge is 2.30. The summed E-state index contributed by atoms with van der Waals surface area (Å²) in [4.78, 5) is 73.0. The first kappa shape index (κ1) is 99.7. The summed E-state index contributed by atoms with van der Waals surface area (Å²) in [5.74, 6) is -2.30. The lowest BCUT2D eigenvalue weighted by atomic mass is 10.0. The highest BCUT2D eigenvalue weighted by atomic mass is 31.2. The fourth-order valence-electron chi connectivity index (χ4n) is 10.9. The maximum absolute atomic E-state index is 13.1. The van der Waals surface area contributed by atoms with Gasteiger partial charge in [0.25, 0.3) is 0 Å². The van der Waals surface area contributed by atoms with Crippen LogP contribution in [-0.2, 0) is 65.4 Å². The van der Waals surface area contributed by atoms with E-state index in [1.165, 1.54) is 148 Å². The summed E-state index contributed by atoms with van der Waals surface area (Å²) in [6.45, 7) is 4.73. The Kier molecular flexibility index (Phi) is 73.7.